The molecule has 3 N–H and O–H groups in total. The maximum atomic E-state index is 13.4. The fourth-order valence-corrected chi connectivity index (χ4v) is 1.86. The lowest BCUT2D eigenvalue weighted by Crippen LogP contribution is -2.37. The highest BCUT2D eigenvalue weighted by atomic mass is 19.2. The van der Waals surface area contributed by atoms with Gasteiger partial charge in [0.25, 0.3) is 0 Å². The topological polar surface area (TPSA) is 38.0 Å². The first-order valence-electron chi connectivity index (χ1n) is 6.08. The van der Waals surface area contributed by atoms with Gasteiger partial charge in [0.2, 0.25) is 0 Å². The molecule has 0 aliphatic carbocycles. The second-order valence-corrected chi connectivity index (χ2v) is 4.28. The van der Waals surface area contributed by atoms with E-state index in [-0.39, 0.29) is 6.04 Å². The molecular weight excluding hydrogens is 222 g/mol. The molecule has 0 amide bonds. The van der Waals surface area contributed by atoms with E-state index >= 15 is 0 Å². The summed E-state index contributed by atoms with van der Waals surface area (Å²) >= 11 is 0. The van der Waals surface area contributed by atoms with Gasteiger partial charge in [-0.15, -0.1) is 0 Å². The zero-order chi connectivity index (χ0) is 12.7. The summed E-state index contributed by atoms with van der Waals surface area (Å²) in [6.07, 6.45) is 4.60. The van der Waals surface area contributed by atoms with Crippen LogP contribution < -0.4 is 11.3 Å². The lowest BCUT2D eigenvalue weighted by atomic mass is 10.0. The number of hydrazine groups is 1. The predicted molar refractivity (Wildman–Crippen MR) is 65.3 cm³/mol. The largest absolute Gasteiger partial charge is 0.271 e. The molecule has 1 unspecified atom stereocenters. The van der Waals surface area contributed by atoms with Crippen molar-refractivity contribution in [1.29, 1.82) is 0 Å². The number of hydrogen-bond donors (Lipinski definition) is 2. The van der Waals surface area contributed by atoms with E-state index in [1.165, 1.54) is 6.07 Å². The molecule has 0 aliphatic heterocycles. The highest BCUT2D eigenvalue weighted by Crippen LogP contribution is 2.15. The van der Waals surface area contributed by atoms with Crippen LogP contribution in [0.15, 0.2) is 18.2 Å². The molecule has 0 saturated carbocycles. The molecule has 0 aromatic heterocycles. The Bertz CT molecular complexity index is 342. The van der Waals surface area contributed by atoms with E-state index in [4.69, 9.17) is 5.84 Å². The number of unbranched alkanes of at least 4 members (excludes halogenated alkanes) is 2. The van der Waals surface area contributed by atoms with Gasteiger partial charge < -0.3 is 0 Å². The van der Waals surface area contributed by atoms with Crippen LogP contribution >= 0.6 is 0 Å². The highest BCUT2D eigenvalue weighted by Gasteiger charge is 2.13. The van der Waals surface area contributed by atoms with Gasteiger partial charge in [-0.3, -0.25) is 11.3 Å². The maximum Gasteiger partial charge on any atom is 0.162 e. The van der Waals surface area contributed by atoms with E-state index in [2.05, 4.69) is 12.3 Å². The number of halogens is 2. The summed E-state index contributed by atoms with van der Waals surface area (Å²) in [5, 5.41) is 0. The van der Waals surface area contributed by atoms with Gasteiger partial charge in [0.15, 0.2) is 11.6 Å². The smallest absolute Gasteiger partial charge is 0.162 e. The van der Waals surface area contributed by atoms with Crippen LogP contribution in [0.3, 0.4) is 0 Å². The van der Waals surface area contributed by atoms with Crippen LogP contribution in [-0.4, -0.2) is 6.04 Å². The van der Waals surface area contributed by atoms with Gasteiger partial charge in [-0.1, -0.05) is 38.3 Å². The van der Waals surface area contributed by atoms with Gasteiger partial charge in [-0.05, 0) is 24.5 Å². The van der Waals surface area contributed by atoms with Gasteiger partial charge in [0.05, 0.1) is 0 Å². The maximum absolute atomic E-state index is 13.4. The van der Waals surface area contributed by atoms with E-state index in [0.29, 0.717) is 12.0 Å². The van der Waals surface area contributed by atoms with Crippen molar-refractivity contribution < 1.29 is 8.78 Å². The SMILES string of the molecule is CCCCCC(Cc1cccc(F)c1F)NN. The number of nitrogens with one attached hydrogen (secondary N) is 1. The minimum atomic E-state index is -0.799. The van der Waals surface area contributed by atoms with Crippen LogP contribution in [0.4, 0.5) is 8.78 Å². The normalized spacial score (nSPS) is 12.7. The van der Waals surface area contributed by atoms with Crippen molar-refractivity contribution in [2.45, 2.75) is 45.1 Å². The zero-order valence-corrected chi connectivity index (χ0v) is 10.2. The van der Waals surface area contributed by atoms with Crippen molar-refractivity contribution >= 4 is 0 Å². The monoisotopic (exact) mass is 242 g/mol. The second kappa shape index (κ2) is 7.35. The fraction of sp³-hybridized carbons (Fsp3) is 0.538. The minimum absolute atomic E-state index is 0.00199. The summed E-state index contributed by atoms with van der Waals surface area (Å²) in [7, 11) is 0. The molecule has 4 heteroatoms. The third kappa shape index (κ3) is 4.40. The quantitative estimate of drug-likeness (QED) is 0.438. The van der Waals surface area contributed by atoms with Gasteiger partial charge in [-0.2, -0.15) is 0 Å². The van der Waals surface area contributed by atoms with Crippen LogP contribution in [0.2, 0.25) is 0 Å². The summed E-state index contributed by atoms with van der Waals surface area (Å²) in [5.74, 6) is 3.86. The lowest BCUT2D eigenvalue weighted by Gasteiger charge is -2.16. The molecule has 0 heterocycles. The van der Waals surface area contributed by atoms with Crippen LogP contribution in [0.25, 0.3) is 0 Å². The summed E-state index contributed by atoms with van der Waals surface area (Å²) in [5.41, 5.74) is 3.05. The molecule has 1 atom stereocenters. The molecule has 0 aliphatic rings. The molecule has 1 rings (SSSR count). The Kier molecular flexibility index (Phi) is 6.08. The first-order chi connectivity index (χ1) is 8.19. The van der Waals surface area contributed by atoms with E-state index in [0.717, 1.165) is 31.7 Å². The molecule has 1 aromatic rings. The van der Waals surface area contributed by atoms with E-state index in [9.17, 15) is 8.78 Å². The molecule has 96 valence electrons. The molecule has 17 heavy (non-hydrogen) atoms. The average Bonchev–Trinajstić information content (AvgIpc) is 2.33. The van der Waals surface area contributed by atoms with Gasteiger partial charge in [-0.25, -0.2) is 8.78 Å². The van der Waals surface area contributed by atoms with Crippen molar-refractivity contribution in [3.05, 3.63) is 35.4 Å². The van der Waals surface area contributed by atoms with Crippen LogP contribution in [0.1, 0.15) is 38.2 Å². The van der Waals surface area contributed by atoms with Gasteiger partial charge in [0.1, 0.15) is 0 Å². The molecule has 2 nitrogen and oxygen atoms in total. The molecular formula is C13H20F2N2. The molecule has 0 saturated heterocycles. The Morgan fingerprint density at radius 3 is 2.71 bits per heavy atom. The Morgan fingerprint density at radius 1 is 1.29 bits per heavy atom. The van der Waals surface area contributed by atoms with E-state index in [1.807, 2.05) is 0 Å². The summed E-state index contributed by atoms with van der Waals surface area (Å²) in [4.78, 5) is 0. The fourth-order valence-electron chi connectivity index (χ4n) is 1.86. The average molecular weight is 242 g/mol. The standard InChI is InChI=1S/C13H20F2N2/c1-2-3-4-7-11(17-16)9-10-6-5-8-12(14)13(10)15/h5-6,8,11,17H,2-4,7,9,16H2,1H3. The van der Waals surface area contributed by atoms with Crippen molar-refractivity contribution in [3.63, 3.8) is 0 Å². The number of rotatable bonds is 7. The molecule has 0 fully saturated rings. The third-order valence-corrected chi connectivity index (χ3v) is 2.89. The van der Waals surface area contributed by atoms with Crippen LogP contribution in [-0.2, 0) is 6.42 Å². The number of hydrogen-bond acceptors (Lipinski definition) is 2. The lowest BCUT2D eigenvalue weighted by molar-refractivity contribution is 0.447. The van der Waals surface area contributed by atoms with Gasteiger partial charge >= 0.3 is 0 Å². The van der Waals surface area contributed by atoms with Crippen molar-refractivity contribution in [1.82, 2.24) is 5.43 Å². The Labute approximate surface area is 101 Å². The Hall–Kier alpha value is -1.00. The predicted octanol–water partition coefficient (Wildman–Crippen LogP) is 2.92. The number of nitrogens with two attached hydrogens (primary N) is 1. The molecule has 0 bridgehead atoms. The first-order valence-corrected chi connectivity index (χ1v) is 6.08. The molecule has 0 radical (unpaired) electrons. The van der Waals surface area contributed by atoms with Crippen LogP contribution in [0, 0.1) is 11.6 Å². The third-order valence-electron chi connectivity index (χ3n) is 2.89. The first kappa shape index (κ1) is 14.1. The molecule has 1 aromatic carbocycles. The summed E-state index contributed by atoms with van der Waals surface area (Å²) in [6.45, 7) is 2.12. The summed E-state index contributed by atoms with van der Waals surface area (Å²) < 4.78 is 26.5. The van der Waals surface area contributed by atoms with E-state index in [1.54, 1.807) is 6.07 Å². The van der Waals surface area contributed by atoms with Crippen molar-refractivity contribution in [2.24, 2.45) is 5.84 Å². The Balaban J connectivity index is 2.57. The van der Waals surface area contributed by atoms with Gasteiger partial charge in [0, 0.05) is 6.04 Å². The minimum Gasteiger partial charge on any atom is -0.271 e. The highest BCUT2D eigenvalue weighted by molar-refractivity contribution is 5.19. The van der Waals surface area contributed by atoms with Crippen LogP contribution in [0.5, 0.6) is 0 Å². The zero-order valence-electron chi connectivity index (χ0n) is 10.2. The molecule has 0 spiro atoms. The van der Waals surface area contributed by atoms with E-state index < -0.39 is 11.6 Å². The number of benzene rings is 1. The van der Waals surface area contributed by atoms with Crippen molar-refractivity contribution in [2.75, 3.05) is 0 Å². The summed E-state index contributed by atoms with van der Waals surface area (Å²) in [6, 6.07) is 4.24. The Morgan fingerprint density at radius 2 is 2.06 bits per heavy atom. The second-order valence-electron chi connectivity index (χ2n) is 4.28. The van der Waals surface area contributed by atoms with Crippen molar-refractivity contribution in [3.8, 4) is 0 Å².